The molecule has 1 nitrogen and oxygen atoms in total. The van der Waals surface area contributed by atoms with Gasteiger partial charge in [0.05, 0.1) is 0 Å². The number of allylic oxidation sites excluding steroid dienone is 2. The highest BCUT2D eigenvalue weighted by Gasteiger charge is 2.07. The first kappa shape index (κ1) is 9.50. The molecule has 0 spiro atoms. The van der Waals surface area contributed by atoms with Gasteiger partial charge in [0.1, 0.15) is 0 Å². The lowest BCUT2D eigenvalue weighted by molar-refractivity contribution is 0.610. The minimum Gasteiger partial charge on any atom is -0.290 e. The standard InChI is InChI=1S/C11H19N/c1-3-4-8-12-11-7-5-6-10(2)9-11/h5,7,10H,3-4,6,8-9H2,1-2H3. The summed E-state index contributed by atoms with van der Waals surface area (Å²) in [6.07, 6.45) is 9.32. The van der Waals surface area contributed by atoms with Crippen LogP contribution in [0.1, 0.15) is 39.5 Å². The van der Waals surface area contributed by atoms with Gasteiger partial charge in [-0.2, -0.15) is 0 Å². The van der Waals surface area contributed by atoms with Gasteiger partial charge in [0.15, 0.2) is 0 Å². The maximum Gasteiger partial charge on any atom is 0.0392 e. The highest BCUT2D eigenvalue weighted by Crippen LogP contribution is 2.15. The summed E-state index contributed by atoms with van der Waals surface area (Å²) in [5.74, 6) is 0.801. The van der Waals surface area contributed by atoms with Gasteiger partial charge in [-0.15, -0.1) is 0 Å². The maximum atomic E-state index is 4.55. The van der Waals surface area contributed by atoms with Crippen LogP contribution < -0.4 is 0 Å². The second-order valence-electron chi connectivity index (χ2n) is 3.67. The van der Waals surface area contributed by atoms with Gasteiger partial charge in [0.25, 0.3) is 0 Å². The Bertz CT molecular complexity index is 179. The van der Waals surface area contributed by atoms with E-state index in [0.29, 0.717) is 0 Å². The number of rotatable bonds is 3. The lowest BCUT2D eigenvalue weighted by Crippen LogP contribution is -2.07. The van der Waals surface area contributed by atoms with Crippen molar-refractivity contribution in [2.45, 2.75) is 39.5 Å². The summed E-state index contributed by atoms with van der Waals surface area (Å²) in [6, 6.07) is 0. The topological polar surface area (TPSA) is 12.4 Å². The third-order valence-electron chi connectivity index (χ3n) is 2.23. The summed E-state index contributed by atoms with van der Waals surface area (Å²) in [6.45, 7) is 5.52. The SMILES string of the molecule is CCCCN=C1C=CCC(C)C1. The number of aliphatic imine (C=N–C) groups is 1. The van der Waals surface area contributed by atoms with E-state index in [2.05, 4.69) is 31.0 Å². The summed E-state index contributed by atoms with van der Waals surface area (Å²) in [5.41, 5.74) is 1.31. The molecule has 0 saturated heterocycles. The molecule has 0 aromatic rings. The summed E-state index contributed by atoms with van der Waals surface area (Å²) < 4.78 is 0. The Kier molecular flexibility index (Phi) is 4.06. The summed E-state index contributed by atoms with van der Waals surface area (Å²) in [5, 5.41) is 0. The Balaban J connectivity index is 2.35. The second-order valence-corrected chi connectivity index (χ2v) is 3.67. The van der Waals surface area contributed by atoms with E-state index in [9.17, 15) is 0 Å². The second kappa shape index (κ2) is 5.13. The van der Waals surface area contributed by atoms with Gasteiger partial charge < -0.3 is 0 Å². The van der Waals surface area contributed by atoms with Crippen LogP contribution in [0.15, 0.2) is 17.1 Å². The van der Waals surface area contributed by atoms with Crippen molar-refractivity contribution in [1.29, 1.82) is 0 Å². The van der Waals surface area contributed by atoms with E-state index in [1.54, 1.807) is 0 Å². The molecule has 1 aliphatic rings. The van der Waals surface area contributed by atoms with Crippen LogP contribution in [-0.2, 0) is 0 Å². The first-order chi connectivity index (χ1) is 5.83. The Hall–Kier alpha value is -0.590. The predicted molar refractivity (Wildman–Crippen MR) is 54.7 cm³/mol. The van der Waals surface area contributed by atoms with Crippen molar-refractivity contribution >= 4 is 5.71 Å². The Morgan fingerprint density at radius 1 is 1.58 bits per heavy atom. The summed E-state index contributed by atoms with van der Waals surface area (Å²) in [7, 11) is 0. The number of hydrogen-bond donors (Lipinski definition) is 0. The molecule has 0 radical (unpaired) electrons. The van der Waals surface area contributed by atoms with Crippen LogP contribution >= 0.6 is 0 Å². The van der Waals surface area contributed by atoms with Crippen molar-refractivity contribution < 1.29 is 0 Å². The van der Waals surface area contributed by atoms with Gasteiger partial charge in [-0.1, -0.05) is 26.3 Å². The number of nitrogens with zero attached hydrogens (tertiary/aromatic N) is 1. The van der Waals surface area contributed by atoms with Crippen LogP contribution in [0.4, 0.5) is 0 Å². The zero-order valence-corrected chi connectivity index (χ0v) is 8.21. The molecule has 0 aromatic carbocycles. The zero-order chi connectivity index (χ0) is 8.81. The molecule has 0 heterocycles. The van der Waals surface area contributed by atoms with Gasteiger partial charge in [-0.05, 0) is 31.3 Å². The molecule has 0 bridgehead atoms. The highest BCUT2D eigenvalue weighted by atomic mass is 14.7. The minimum absolute atomic E-state index is 0.801. The minimum atomic E-state index is 0.801. The number of unbranched alkanes of at least 4 members (excludes halogenated alkanes) is 1. The third-order valence-corrected chi connectivity index (χ3v) is 2.23. The molecule has 1 heteroatoms. The monoisotopic (exact) mass is 165 g/mol. The van der Waals surface area contributed by atoms with Crippen molar-refractivity contribution in [2.24, 2.45) is 10.9 Å². The Labute approximate surface area is 75.6 Å². The quantitative estimate of drug-likeness (QED) is 0.569. The fourth-order valence-corrected chi connectivity index (χ4v) is 1.44. The van der Waals surface area contributed by atoms with E-state index in [4.69, 9.17) is 0 Å². The van der Waals surface area contributed by atoms with Crippen molar-refractivity contribution in [1.82, 2.24) is 0 Å². The first-order valence-corrected chi connectivity index (χ1v) is 5.02. The van der Waals surface area contributed by atoms with Gasteiger partial charge in [-0.25, -0.2) is 0 Å². The summed E-state index contributed by atoms with van der Waals surface area (Å²) >= 11 is 0. The van der Waals surface area contributed by atoms with E-state index < -0.39 is 0 Å². The van der Waals surface area contributed by atoms with Crippen LogP contribution in [0.3, 0.4) is 0 Å². The van der Waals surface area contributed by atoms with Gasteiger partial charge in [0.2, 0.25) is 0 Å². The first-order valence-electron chi connectivity index (χ1n) is 5.02. The molecule has 0 aliphatic heterocycles. The highest BCUT2D eigenvalue weighted by molar-refractivity contribution is 5.95. The molecule has 1 unspecified atom stereocenters. The van der Waals surface area contributed by atoms with Crippen molar-refractivity contribution in [3.8, 4) is 0 Å². The molecule has 12 heavy (non-hydrogen) atoms. The van der Waals surface area contributed by atoms with Gasteiger partial charge in [0, 0.05) is 12.3 Å². The molecule has 0 aromatic heterocycles. The van der Waals surface area contributed by atoms with E-state index in [1.807, 2.05) is 0 Å². The lowest BCUT2D eigenvalue weighted by atomic mass is 9.95. The summed E-state index contributed by atoms with van der Waals surface area (Å²) in [4.78, 5) is 4.55. The van der Waals surface area contributed by atoms with Crippen molar-refractivity contribution in [3.05, 3.63) is 12.2 Å². The van der Waals surface area contributed by atoms with Crippen molar-refractivity contribution in [2.75, 3.05) is 6.54 Å². The molecule has 0 saturated carbocycles. The fraction of sp³-hybridized carbons (Fsp3) is 0.727. The van der Waals surface area contributed by atoms with Crippen LogP contribution in [0.5, 0.6) is 0 Å². The molecule has 1 rings (SSSR count). The number of hydrogen-bond acceptors (Lipinski definition) is 1. The molecular formula is C11H19N. The molecule has 0 N–H and O–H groups in total. The molecular weight excluding hydrogens is 146 g/mol. The molecule has 68 valence electrons. The third kappa shape index (κ3) is 3.21. The average molecular weight is 165 g/mol. The van der Waals surface area contributed by atoms with Crippen LogP contribution in [-0.4, -0.2) is 12.3 Å². The van der Waals surface area contributed by atoms with Crippen LogP contribution in [0, 0.1) is 5.92 Å². The molecule has 0 fully saturated rings. The van der Waals surface area contributed by atoms with Crippen molar-refractivity contribution in [3.63, 3.8) is 0 Å². The van der Waals surface area contributed by atoms with Crippen LogP contribution in [0.2, 0.25) is 0 Å². The molecule has 1 atom stereocenters. The average Bonchev–Trinajstić information content (AvgIpc) is 2.05. The Morgan fingerprint density at radius 3 is 3.08 bits per heavy atom. The Morgan fingerprint density at radius 2 is 2.42 bits per heavy atom. The predicted octanol–water partition coefficient (Wildman–Crippen LogP) is 3.21. The molecule has 0 amide bonds. The smallest absolute Gasteiger partial charge is 0.0392 e. The lowest BCUT2D eigenvalue weighted by Gasteiger charge is -2.13. The van der Waals surface area contributed by atoms with Gasteiger partial charge in [-0.3, -0.25) is 4.99 Å². The zero-order valence-electron chi connectivity index (χ0n) is 8.21. The van der Waals surface area contributed by atoms with E-state index in [1.165, 1.54) is 31.4 Å². The van der Waals surface area contributed by atoms with E-state index >= 15 is 0 Å². The maximum absolute atomic E-state index is 4.55. The van der Waals surface area contributed by atoms with E-state index in [0.717, 1.165) is 12.5 Å². The fourth-order valence-electron chi connectivity index (χ4n) is 1.44. The van der Waals surface area contributed by atoms with Crippen LogP contribution in [0.25, 0.3) is 0 Å². The normalized spacial score (nSPS) is 26.5. The molecule has 1 aliphatic carbocycles. The largest absolute Gasteiger partial charge is 0.290 e. The van der Waals surface area contributed by atoms with E-state index in [-0.39, 0.29) is 0 Å². The van der Waals surface area contributed by atoms with Gasteiger partial charge >= 0.3 is 0 Å².